The number of carboxylic acids is 1. The van der Waals surface area contributed by atoms with E-state index in [0.717, 1.165) is 5.69 Å². The Morgan fingerprint density at radius 1 is 1.12 bits per heavy atom. The maximum atomic E-state index is 12.8. The van der Waals surface area contributed by atoms with Gasteiger partial charge in [-0.1, -0.05) is 18.5 Å². The van der Waals surface area contributed by atoms with Gasteiger partial charge < -0.3 is 14.9 Å². The van der Waals surface area contributed by atoms with Gasteiger partial charge in [-0.05, 0) is 36.6 Å². The van der Waals surface area contributed by atoms with Crippen LogP contribution in [-0.2, 0) is 14.4 Å². The monoisotopic (exact) mass is 364 g/mol. The van der Waals surface area contributed by atoms with E-state index in [1.165, 1.54) is 0 Å². The second-order valence-electron chi connectivity index (χ2n) is 7.00. The zero-order valence-electron chi connectivity index (χ0n) is 14.0. The maximum absolute atomic E-state index is 12.8. The standard InChI is InChI=1S/C18H21ClN2O4/c1-11-6-13(18(24)25)9-20(8-11)17(23)12-7-16(22)21(10-12)15-4-2-14(19)3-5-15/h2-5,11-13H,6-10H2,1H3,(H,24,25). The molecule has 2 aliphatic rings. The van der Waals surface area contributed by atoms with Crippen LogP contribution in [0.15, 0.2) is 24.3 Å². The predicted octanol–water partition coefficient (Wildman–Crippen LogP) is 2.26. The number of nitrogens with zero attached hydrogens (tertiary/aromatic N) is 2. The van der Waals surface area contributed by atoms with Gasteiger partial charge >= 0.3 is 5.97 Å². The van der Waals surface area contributed by atoms with Crippen molar-refractivity contribution in [3.63, 3.8) is 0 Å². The number of rotatable bonds is 3. The Balaban J connectivity index is 1.70. The van der Waals surface area contributed by atoms with E-state index in [1.54, 1.807) is 34.1 Å². The predicted molar refractivity (Wildman–Crippen MR) is 93.4 cm³/mol. The van der Waals surface area contributed by atoms with Gasteiger partial charge in [0.2, 0.25) is 11.8 Å². The van der Waals surface area contributed by atoms with Gasteiger partial charge in [0.15, 0.2) is 0 Å². The van der Waals surface area contributed by atoms with Crippen LogP contribution in [-0.4, -0.2) is 47.4 Å². The molecule has 25 heavy (non-hydrogen) atoms. The molecule has 2 fully saturated rings. The molecule has 2 amide bonds. The number of likely N-dealkylation sites (tertiary alicyclic amines) is 1. The molecule has 0 bridgehead atoms. The second-order valence-corrected chi connectivity index (χ2v) is 7.44. The normalized spacial score (nSPS) is 26.8. The Morgan fingerprint density at radius 3 is 2.44 bits per heavy atom. The number of carboxylic acid groups (broad SMARTS) is 1. The number of amides is 2. The summed E-state index contributed by atoms with van der Waals surface area (Å²) in [4.78, 5) is 39.7. The molecule has 7 heteroatoms. The summed E-state index contributed by atoms with van der Waals surface area (Å²) in [6.07, 6.45) is 0.740. The van der Waals surface area contributed by atoms with E-state index in [-0.39, 0.29) is 30.7 Å². The van der Waals surface area contributed by atoms with Gasteiger partial charge in [-0.2, -0.15) is 0 Å². The third-order valence-corrected chi connectivity index (χ3v) is 5.19. The molecular formula is C18H21ClN2O4. The highest BCUT2D eigenvalue weighted by molar-refractivity contribution is 6.30. The van der Waals surface area contributed by atoms with Crippen molar-refractivity contribution in [2.45, 2.75) is 19.8 Å². The Bertz CT molecular complexity index is 691. The quantitative estimate of drug-likeness (QED) is 0.892. The van der Waals surface area contributed by atoms with Crippen LogP contribution in [0.4, 0.5) is 5.69 Å². The number of anilines is 1. The third-order valence-electron chi connectivity index (χ3n) is 4.93. The molecule has 1 aromatic carbocycles. The van der Waals surface area contributed by atoms with Crippen LogP contribution in [0.5, 0.6) is 0 Å². The molecule has 1 N–H and O–H groups in total. The van der Waals surface area contributed by atoms with Crippen LogP contribution in [0.2, 0.25) is 5.02 Å². The Labute approximate surface area is 151 Å². The number of aliphatic carboxylic acids is 1. The number of piperidine rings is 1. The first-order valence-corrected chi connectivity index (χ1v) is 8.80. The zero-order valence-corrected chi connectivity index (χ0v) is 14.8. The van der Waals surface area contributed by atoms with E-state index in [4.69, 9.17) is 11.6 Å². The van der Waals surface area contributed by atoms with Crippen LogP contribution < -0.4 is 4.90 Å². The minimum atomic E-state index is -0.866. The molecular weight excluding hydrogens is 344 g/mol. The van der Waals surface area contributed by atoms with Gasteiger partial charge in [-0.15, -0.1) is 0 Å². The fourth-order valence-electron chi connectivity index (χ4n) is 3.71. The molecule has 3 unspecified atom stereocenters. The summed E-state index contributed by atoms with van der Waals surface area (Å²) in [6.45, 7) is 3.05. The molecule has 0 aromatic heterocycles. The van der Waals surface area contributed by atoms with E-state index in [2.05, 4.69) is 0 Å². The lowest BCUT2D eigenvalue weighted by Crippen LogP contribution is -2.48. The summed E-state index contributed by atoms with van der Waals surface area (Å²) >= 11 is 5.88. The minimum Gasteiger partial charge on any atom is -0.481 e. The maximum Gasteiger partial charge on any atom is 0.308 e. The van der Waals surface area contributed by atoms with E-state index in [9.17, 15) is 19.5 Å². The van der Waals surface area contributed by atoms with Gasteiger partial charge in [-0.25, -0.2) is 0 Å². The van der Waals surface area contributed by atoms with E-state index < -0.39 is 17.8 Å². The van der Waals surface area contributed by atoms with Gasteiger partial charge in [0.25, 0.3) is 0 Å². The minimum absolute atomic E-state index is 0.0967. The smallest absolute Gasteiger partial charge is 0.308 e. The summed E-state index contributed by atoms with van der Waals surface area (Å²) in [7, 11) is 0. The number of carbonyl (C=O) groups is 3. The van der Waals surface area contributed by atoms with Crippen LogP contribution in [0.3, 0.4) is 0 Å². The highest BCUT2D eigenvalue weighted by Gasteiger charge is 2.40. The van der Waals surface area contributed by atoms with Crippen molar-refractivity contribution >= 4 is 35.1 Å². The average Bonchev–Trinajstić information content (AvgIpc) is 2.96. The Hall–Kier alpha value is -2.08. The lowest BCUT2D eigenvalue weighted by molar-refractivity contribution is -0.148. The molecule has 0 aliphatic carbocycles. The van der Waals surface area contributed by atoms with Crippen molar-refractivity contribution in [2.75, 3.05) is 24.5 Å². The van der Waals surface area contributed by atoms with Crippen LogP contribution in [0, 0.1) is 17.8 Å². The van der Waals surface area contributed by atoms with Crippen LogP contribution in [0.25, 0.3) is 0 Å². The van der Waals surface area contributed by atoms with Crippen molar-refractivity contribution in [2.24, 2.45) is 17.8 Å². The molecule has 6 nitrogen and oxygen atoms in total. The highest BCUT2D eigenvalue weighted by atomic mass is 35.5. The first-order chi connectivity index (χ1) is 11.8. The topological polar surface area (TPSA) is 77.9 Å². The van der Waals surface area contributed by atoms with Gasteiger partial charge in [0.1, 0.15) is 0 Å². The molecule has 2 aliphatic heterocycles. The summed E-state index contributed by atoms with van der Waals surface area (Å²) in [5.41, 5.74) is 0.722. The number of hydrogen-bond donors (Lipinski definition) is 1. The lowest BCUT2D eigenvalue weighted by atomic mass is 9.89. The van der Waals surface area contributed by atoms with Gasteiger partial charge in [-0.3, -0.25) is 14.4 Å². The molecule has 0 spiro atoms. The van der Waals surface area contributed by atoms with Crippen molar-refractivity contribution in [3.8, 4) is 0 Å². The van der Waals surface area contributed by atoms with Crippen LogP contribution in [0.1, 0.15) is 19.8 Å². The number of carbonyl (C=O) groups excluding carboxylic acids is 2. The molecule has 0 radical (unpaired) electrons. The Morgan fingerprint density at radius 2 is 1.80 bits per heavy atom. The van der Waals surface area contributed by atoms with Crippen molar-refractivity contribution in [3.05, 3.63) is 29.3 Å². The van der Waals surface area contributed by atoms with Crippen LogP contribution >= 0.6 is 11.6 Å². The van der Waals surface area contributed by atoms with Crippen molar-refractivity contribution in [1.29, 1.82) is 0 Å². The molecule has 3 rings (SSSR count). The molecule has 2 heterocycles. The molecule has 0 saturated carbocycles. The first-order valence-electron chi connectivity index (χ1n) is 8.42. The SMILES string of the molecule is CC1CC(C(=O)O)CN(C(=O)C2CC(=O)N(c3ccc(Cl)cc3)C2)C1. The van der Waals surface area contributed by atoms with E-state index >= 15 is 0 Å². The van der Waals surface area contributed by atoms with E-state index in [1.807, 2.05) is 6.92 Å². The largest absolute Gasteiger partial charge is 0.481 e. The highest BCUT2D eigenvalue weighted by Crippen LogP contribution is 2.29. The average molecular weight is 365 g/mol. The van der Waals surface area contributed by atoms with Gasteiger partial charge in [0.05, 0.1) is 11.8 Å². The van der Waals surface area contributed by atoms with Crippen molar-refractivity contribution in [1.82, 2.24) is 4.90 Å². The van der Waals surface area contributed by atoms with Gasteiger partial charge in [0, 0.05) is 36.8 Å². The third kappa shape index (κ3) is 3.79. The zero-order chi connectivity index (χ0) is 18.1. The molecule has 2 saturated heterocycles. The molecule has 3 atom stereocenters. The molecule has 134 valence electrons. The van der Waals surface area contributed by atoms with E-state index in [0.29, 0.717) is 24.5 Å². The number of halogens is 1. The van der Waals surface area contributed by atoms with Crippen molar-refractivity contribution < 1.29 is 19.5 Å². The number of hydrogen-bond acceptors (Lipinski definition) is 3. The summed E-state index contributed by atoms with van der Waals surface area (Å²) in [6, 6.07) is 6.94. The lowest BCUT2D eigenvalue weighted by Gasteiger charge is -2.36. The summed E-state index contributed by atoms with van der Waals surface area (Å²) in [5.74, 6) is -1.90. The summed E-state index contributed by atoms with van der Waals surface area (Å²) < 4.78 is 0. The Kier molecular flexibility index (Phi) is 4.99. The molecule has 1 aromatic rings. The fourth-order valence-corrected chi connectivity index (χ4v) is 3.84. The fraction of sp³-hybridized carbons (Fsp3) is 0.500. The first kappa shape index (κ1) is 17.7. The summed E-state index contributed by atoms with van der Waals surface area (Å²) in [5, 5.41) is 9.85. The second kappa shape index (κ2) is 7.04. The number of benzene rings is 1.